The highest BCUT2D eigenvalue weighted by atomic mass is 15.3. The molecule has 0 fully saturated rings. The fraction of sp³-hybridized carbons (Fsp3) is 0.778. The number of rotatable bonds is 5. The Bertz CT molecular complexity index is 281. The quantitative estimate of drug-likeness (QED) is 0.731. The molecule has 5 heteroatoms. The summed E-state index contributed by atoms with van der Waals surface area (Å²) in [7, 11) is 3.80. The number of nitrogens with one attached hydrogen (secondary N) is 2. The first-order chi connectivity index (χ1) is 6.69. The molecule has 1 unspecified atom stereocenters. The molecule has 0 aliphatic heterocycles. The van der Waals surface area contributed by atoms with Gasteiger partial charge in [-0.3, -0.25) is 4.57 Å². The molecule has 1 aromatic rings. The second-order valence-electron chi connectivity index (χ2n) is 3.44. The van der Waals surface area contributed by atoms with E-state index >= 15 is 0 Å². The predicted molar refractivity (Wildman–Crippen MR) is 57.1 cm³/mol. The largest absolute Gasteiger partial charge is 0.357 e. The van der Waals surface area contributed by atoms with Crippen LogP contribution < -0.4 is 10.6 Å². The molecule has 0 bridgehead atoms. The number of nitrogens with zero attached hydrogens (tertiary/aromatic N) is 3. The third-order valence-corrected chi connectivity index (χ3v) is 2.41. The van der Waals surface area contributed by atoms with Crippen molar-refractivity contribution >= 4 is 5.95 Å². The molecule has 5 nitrogen and oxygen atoms in total. The Kier molecular flexibility index (Phi) is 3.88. The summed E-state index contributed by atoms with van der Waals surface area (Å²) in [6, 6.07) is 0.518. The predicted octanol–water partition coefficient (Wildman–Crippen LogP) is 0.745. The van der Waals surface area contributed by atoms with Crippen molar-refractivity contribution in [1.82, 2.24) is 20.1 Å². The molecule has 80 valence electrons. The molecule has 0 aliphatic rings. The molecular weight excluding hydrogens is 178 g/mol. The van der Waals surface area contributed by atoms with E-state index in [1.54, 1.807) is 0 Å². The molecule has 0 aliphatic carbocycles. The summed E-state index contributed by atoms with van der Waals surface area (Å²) < 4.78 is 1.95. The number of hydrogen-bond acceptors (Lipinski definition) is 4. The summed E-state index contributed by atoms with van der Waals surface area (Å²) >= 11 is 0. The van der Waals surface area contributed by atoms with E-state index in [4.69, 9.17) is 0 Å². The first-order valence-corrected chi connectivity index (χ1v) is 4.98. The van der Waals surface area contributed by atoms with Crippen LogP contribution >= 0.6 is 0 Å². The third-order valence-electron chi connectivity index (χ3n) is 2.41. The zero-order valence-electron chi connectivity index (χ0n) is 9.33. The maximum atomic E-state index is 4.08. The molecule has 0 aromatic carbocycles. The molecular formula is C9H19N5. The van der Waals surface area contributed by atoms with Crippen molar-refractivity contribution in [2.75, 3.05) is 12.4 Å². The highest BCUT2D eigenvalue weighted by Crippen LogP contribution is 2.03. The highest BCUT2D eigenvalue weighted by molar-refractivity contribution is 5.23. The lowest BCUT2D eigenvalue weighted by Gasteiger charge is -2.10. The highest BCUT2D eigenvalue weighted by Gasteiger charge is 2.07. The lowest BCUT2D eigenvalue weighted by molar-refractivity contribution is 0.515. The monoisotopic (exact) mass is 197 g/mol. The van der Waals surface area contributed by atoms with Gasteiger partial charge in [-0.1, -0.05) is 6.92 Å². The average Bonchev–Trinajstić information content (AvgIpc) is 2.56. The van der Waals surface area contributed by atoms with Gasteiger partial charge in [-0.05, 0) is 13.3 Å². The van der Waals surface area contributed by atoms with Crippen LogP contribution in [0.2, 0.25) is 0 Å². The van der Waals surface area contributed by atoms with Gasteiger partial charge in [-0.25, -0.2) is 0 Å². The van der Waals surface area contributed by atoms with Gasteiger partial charge < -0.3 is 10.6 Å². The molecule has 0 saturated heterocycles. The third kappa shape index (κ3) is 2.45. The maximum absolute atomic E-state index is 4.08. The lowest BCUT2D eigenvalue weighted by Crippen LogP contribution is -2.26. The van der Waals surface area contributed by atoms with Gasteiger partial charge in [0.15, 0.2) is 0 Å². The standard InChI is InChI=1S/C9H19N5/c1-5-7(2)11-6-8-12-13-9(10-3)14(8)4/h7,11H,5-6H2,1-4H3,(H,10,13). The molecule has 0 amide bonds. The van der Waals surface area contributed by atoms with Gasteiger partial charge in [-0.15, -0.1) is 10.2 Å². The van der Waals surface area contributed by atoms with Crippen LogP contribution in [0.3, 0.4) is 0 Å². The van der Waals surface area contributed by atoms with E-state index in [0.29, 0.717) is 6.04 Å². The van der Waals surface area contributed by atoms with Gasteiger partial charge in [-0.2, -0.15) is 0 Å². The Morgan fingerprint density at radius 3 is 2.64 bits per heavy atom. The van der Waals surface area contributed by atoms with Gasteiger partial charge in [0, 0.05) is 20.1 Å². The minimum absolute atomic E-state index is 0.518. The van der Waals surface area contributed by atoms with Crippen molar-refractivity contribution in [1.29, 1.82) is 0 Å². The van der Waals surface area contributed by atoms with E-state index in [1.807, 2.05) is 18.7 Å². The van der Waals surface area contributed by atoms with E-state index in [2.05, 4.69) is 34.7 Å². The molecule has 1 atom stereocenters. The summed E-state index contributed by atoms with van der Waals surface area (Å²) in [6.07, 6.45) is 1.12. The fourth-order valence-electron chi connectivity index (χ4n) is 1.14. The Hall–Kier alpha value is -1.10. The van der Waals surface area contributed by atoms with Gasteiger partial charge in [0.05, 0.1) is 6.54 Å². The molecule has 1 aromatic heterocycles. The second-order valence-corrected chi connectivity index (χ2v) is 3.44. The van der Waals surface area contributed by atoms with E-state index in [0.717, 1.165) is 24.7 Å². The van der Waals surface area contributed by atoms with Crippen molar-refractivity contribution in [3.63, 3.8) is 0 Å². The average molecular weight is 197 g/mol. The van der Waals surface area contributed by atoms with Crippen LogP contribution in [0.4, 0.5) is 5.95 Å². The van der Waals surface area contributed by atoms with Crippen LogP contribution in [-0.2, 0) is 13.6 Å². The number of aromatic nitrogens is 3. The Labute approximate surface area is 84.9 Å². The van der Waals surface area contributed by atoms with Gasteiger partial charge in [0.2, 0.25) is 5.95 Å². The molecule has 1 rings (SSSR count). The Balaban J connectivity index is 2.54. The summed E-state index contributed by atoms with van der Waals surface area (Å²) in [5, 5.41) is 14.4. The first kappa shape index (κ1) is 11.0. The van der Waals surface area contributed by atoms with E-state index in [9.17, 15) is 0 Å². The van der Waals surface area contributed by atoms with Crippen molar-refractivity contribution in [2.45, 2.75) is 32.9 Å². The topological polar surface area (TPSA) is 54.8 Å². The summed E-state index contributed by atoms with van der Waals surface area (Å²) in [5.74, 6) is 1.75. The van der Waals surface area contributed by atoms with Crippen LogP contribution in [0.15, 0.2) is 0 Å². The van der Waals surface area contributed by atoms with E-state index in [-0.39, 0.29) is 0 Å². The minimum atomic E-state index is 0.518. The smallest absolute Gasteiger partial charge is 0.224 e. The van der Waals surface area contributed by atoms with Crippen LogP contribution in [0.1, 0.15) is 26.1 Å². The van der Waals surface area contributed by atoms with Crippen LogP contribution in [-0.4, -0.2) is 27.9 Å². The first-order valence-electron chi connectivity index (χ1n) is 4.98. The van der Waals surface area contributed by atoms with Crippen molar-refractivity contribution in [3.8, 4) is 0 Å². The van der Waals surface area contributed by atoms with Crippen LogP contribution in [0.25, 0.3) is 0 Å². The zero-order chi connectivity index (χ0) is 10.6. The Morgan fingerprint density at radius 2 is 2.14 bits per heavy atom. The van der Waals surface area contributed by atoms with Gasteiger partial charge in [0.1, 0.15) is 5.82 Å². The number of hydrogen-bond donors (Lipinski definition) is 2. The van der Waals surface area contributed by atoms with Gasteiger partial charge in [0.25, 0.3) is 0 Å². The maximum Gasteiger partial charge on any atom is 0.224 e. The minimum Gasteiger partial charge on any atom is -0.357 e. The van der Waals surface area contributed by atoms with Crippen LogP contribution in [0, 0.1) is 0 Å². The van der Waals surface area contributed by atoms with E-state index < -0.39 is 0 Å². The van der Waals surface area contributed by atoms with Gasteiger partial charge >= 0.3 is 0 Å². The SMILES string of the molecule is CCC(C)NCc1nnc(NC)n1C. The fourth-order valence-corrected chi connectivity index (χ4v) is 1.14. The van der Waals surface area contributed by atoms with E-state index in [1.165, 1.54) is 0 Å². The lowest BCUT2D eigenvalue weighted by atomic mass is 10.2. The normalized spacial score (nSPS) is 12.9. The summed E-state index contributed by atoms with van der Waals surface area (Å²) in [4.78, 5) is 0. The summed E-state index contributed by atoms with van der Waals surface area (Å²) in [6.45, 7) is 5.09. The summed E-state index contributed by atoms with van der Waals surface area (Å²) in [5.41, 5.74) is 0. The van der Waals surface area contributed by atoms with Crippen molar-refractivity contribution in [3.05, 3.63) is 5.82 Å². The Morgan fingerprint density at radius 1 is 1.43 bits per heavy atom. The van der Waals surface area contributed by atoms with Crippen molar-refractivity contribution in [2.24, 2.45) is 7.05 Å². The molecule has 1 heterocycles. The molecule has 14 heavy (non-hydrogen) atoms. The molecule has 0 spiro atoms. The second kappa shape index (κ2) is 4.95. The molecule has 0 radical (unpaired) electrons. The molecule has 0 saturated carbocycles. The molecule has 2 N–H and O–H groups in total. The van der Waals surface area contributed by atoms with Crippen molar-refractivity contribution < 1.29 is 0 Å². The number of anilines is 1. The van der Waals surface area contributed by atoms with Crippen LogP contribution in [0.5, 0.6) is 0 Å². The zero-order valence-corrected chi connectivity index (χ0v) is 9.33.